The molecule has 0 heterocycles. The average molecular weight is 354 g/mol. The summed E-state index contributed by atoms with van der Waals surface area (Å²) in [5.74, 6) is 0.241. The molecular weight excluding hydrogens is 318 g/mol. The van der Waals surface area contributed by atoms with Crippen LogP contribution in [0.5, 0.6) is 0 Å². The summed E-state index contributed by atoms with van der Waals surface area (Å²) in [5, 5.41) is 6.01. The normalized spacial score (nSPS) is 14.2. The Kier molecular flexibility index (Phi) is 6.49. The fourth-order valence-electron chi connectivity index (χ4n) is 3.82. The molecule has 0 amide bonds. The lowest BCUT2D eigenvalue weighted by molar-refractivity contribution is 0.0825. The van der Waals surface area contributed by atoms with Gasteiger partial charge in [-0.15, -0.1) is 0 Å². The van der Waals surface area contributed by atoms with Crippen LogP contribution < -0.4 is 5.32 Å². The fraction of sp³-hybridized carbons (Fsp3) is 0.542. The predicted octanol–water partition coefficient (Wildman–Crippen LogP) is 7.23. The van der Waals surface area contributed by atoms with E-state index in [0.717, 1.165) is 42.3 Å². The van der Waals surface area contributed by atoms with E-state index < -0.39 is 0 Å². The molecule has 2 aromatic rings. The number of hydrogen-bond acceptors (Lipinski definition) is 2. The number of carbonyl (C=O) groups is 1. The van der Waals surface area contributed by atoms with Crippen LogP contribution in [0.4, 0.5) is 5.69 Å². The smallest absolute Gasteiger partial charge is 0.168 e. The van der Waals surface area contributed by atoms with Gasteiger partial charge in [-0.2, -0.15) is 0 Å². The third kappa shape index (κ3) is 4.66. The third-order valence-electron chi connectivity index (χ3n) is 5.62. The molecule has 2 rings (SSSR count). The molecule has 0 fully saturated rings. The Balaban J connectivity index is 2.29. The Labute approximate surface area is 159 Å². The van der Waals surface area contributed by atoms with Gasteiger partial charge in [0.1, 0.15) is 0 Å². The van der Waals surface area contributed by atoms with Crippen LogP contribution in [0.15, 0.2) is 36.4 Å². The molecule has 1 N–H and O–H groups in total. The Bertz CT molecular complexity index is 762. The topological polar surface area (TPSA) is 29.1 Å². The number of hydrogen-bond donors (Lipinski definition) is 1. The number of fused-ring (bicyclic) bond motifs is 1. The monoisotopic (exact) mass is 353 g/mol. The van der Waals surface area contributed by atoms with Crippen LogP contribution in [0.2, 0.25) is 0 Å². The molecule has 0 aliphatic rings. The number of benzene rings is 2. The van der Waals surface area contributed by atoms with Crippen molar-refractivity contribution < 1.29 is 4.79 Å². The quantitative estimate of drug-likeness (QED) is 0.482. The van der Waals surface area contributed by atoms with Gasteiger partial charge in [-0.25, -0.2) is 0 Å². The van der Waals surface area contributed by atoms with Gasteiger partial charge in [0.2, 0.25) is 0 Å². The standard InChI is InChI=1S/C24H35NO/c1-7-14-23(4,5)22(26)20-11-10-19-17-21(13-12-18(19)16-20)25-24(6,9-3)15-8-2/h10-13,16-17,25H,7-9,14-15H2,1-6H3. The maximum absolute atomic E-state index is 12.9. The summed E-state index contributed by atoms with van der Waals surface area (Å²) >= 11 is 0. The van der Waals surface area contributed by atoms with E-state index in [0.29, 0.717) is 0 Å². The van der Waals surface area contributed by atoms with Gasteiger partial charge in [0, 0.05) is 22.2 Å². The van der Waals surface area contributed by atoms with Crippen LogP contribution in [-0.2, 0) is 0 Å². The second kappa shape index (κ2) is 8.24. The van der Waals surface area contributed by atoms with Crippen molar-refractivity contribution in [1.29, 1.82) is 0 Å². The molecule has 0 radical (unpaired) electrons. The number of nitrogens with one attached hydrogen (secondary N) is 1. The van der Waals surface area contributed by atoms with Crippen LogP contribution in [0.25, 0.3) is 10.8 Å². The first kappa shape index (κ1) is 20.5. The highest BCUT2D eigenvalue weighted by molar-refractivity contribution is 6.03. The molecule has 0 aliphatic heterocycles. The molecule has 1 unspecified atom stereocenters. The maximum Gasteiger partial charge on any atom is 0.168 e. The minimum atomic E-state index is -0.299. The van der Waals surface area contributed by atoms with E-state index in [1.807, 2.05) is 12.1 Å². The van der Waals surface area contributed by atoms with Crippen LogP contribution in [-0.4, -0.2) is 11.3 Å². The minimum absolute atomic E-state index is 0.127. The Hall–Kier alpha value is -1.83. The van der Waals surface area contributed by atoms with Crippen molar-refractivity contribution in [2.45, 2.75) is 79.2 Å². The van der Waals surface area contributed by atoms with Crippen molar-refractivity contribution in [2.24, 2.45) is 5.41 Å². The molecule has 2 heteroatoms. The summed E-state index contributed by atoms with van der Waals surface area (Å²) in [5.41, 5.74) is 1.80. The highest BCUT2D eigenvalue weighted by Crippen LogP contribution is 2.30. The largest absolute Gasteiger partial charge is 0.380 e. The summed E-state index contributed by atoms with van der Waals surface area (Å²) in [4.78, 5) is 12.9. The molecule has 0 aromatic heterocycles. The first-order valence-corrected chi connectivity index (χ1v) is 10.1. The number of Topliss-reactive ketones (excluding diaryl/α,β-unsaturated/α-hetero) is 1. The summed E-state index contributed by atoms with van der Waals surface area (Å²) in [6, 6.07) is 12.6. The van der Waals surface area contributed by atoms with Gasteiger partial charge < -0.3 is 5.32 Å². The van der Waals surface area contributed by atoms with Crippen LogP contribution in [0.1, 0.15) is 84.0 Å². The second-order valence-corrected chi connectivity index (χ2v) is 8.53. The van der Waals surface area contributed by atoms with Gasteiger partial charge >= 0.3 is 0 Å². The van der Waals surface area contributed by atoms with E-state index in [9.17, 15) is 4.79 Å². The number of ketones is 1. The lowest BCUT2D eigenvalue weighted by Gasteiger charge is -2.31. The number of anilines is 1. The molecule has 26 heavy (non-hydrogen) atoms. The highest BCUT2D eigenvalue weighted by atomic mass is 16.1. The zero-order valence-electron chi connectivity index (χ0n) is 17.4. The van der Waals surface area contributed by atoms with Gasteiger partial charge in [0.25, 0.3) is 0 Å². The molecule has 2 aromatic carbocycles. The van der Waals surface area contributed by atoms with Crippen molar-refractivity contribution in [1.82, 2.24) is 0 Å². The van der Waals surface area contributed by atoms with Crippen molar-refractivity contribution in [2.75, 3.05) is 5.32 Å². The lowest BCUT2D eigenvalue weighted by Crippen LogP contribution is -2.33. The van der Waals surface area contributed by atoms with E-state index >= 15 is 0 Å². The highest BCUT2D eigenvalue weighted by Gasteiger charge is 2.27. The predicted molar refractivity (Wildman–Crippen MR) is 114 cm³/mol. The first-order valence-electron chi connectivity index (χ1n) is 10.1. The van der Waals surface area contributed by atoms with Gasteiger partial charge in [0.15, 0.2) is 5.78 Å². The van der Waals surface area contributed by atoms with E-state index in [1.165, 1.54) is 11.8 Å². The second-order valence-electron chi connectivity index (χ2n) is 8.53. The molecule has 0 saturated heterocycles. The third-order valence-corrected chi connectivity index (χ3v) is 5.62. The zero-order chi connectivity index (χ0) is 19.4. The fourth-order valence-corrected chi connectivity index (χ4v) is 3.82. The van der Waals surface area contributed by atoms with Crippen molar-refractivity contribution >= 4 is 22.2 Å². The molecule has 0 saturated carbocycles. The summed E-state index contributed by atoms with van der Waals surface area (Å²) in [6.07, 6.45) is 5.36. The van der Waals surface area contributed by atoms with Gasteiger partial charge in [-0.3, -0.25) is 4.79 Å². The van der Waals surface area contributed by atoms with Gasteiger partial charge in [-0.05, 0) is 55.2 Å². The van der Waals surface area contributed by atoms with E-state index in [4.69, 9.17) is 0 Å². The summed E-state index contributed by atoms with van der Waals surface area (Å²) in [6.45, 7) is 13.0. The van der Waals surface area contributed by atoms with Crippen LogP contribution in [0, 0.1) is 5.41 Å². The SMILES string of the molecule is CCCC(C)(CC)Nc1ccc2cc(C(=O)C(C)(C)CCC)ccc2c1. The molecule has 2 nitrogen and oxygen atoms in total. The molecule has 0 aliphatic carbocycles. The molecule has 1 atom stereocenters. The van der Waals surface area contributed by atoms with Crippen LogP contribution in [0.3, 0.4) is 0 Å². The maximum atomic E-state index is 12.9. The van der Waals surface area contributed by atoms with Crippen molar-refractivity contribution in [3.63, 3.8) is 0 Å². The van der Waals surface area contributed by atoms with E-state index in [2.05, 4.69) is 71.1 Å². The number of rotatable bonds is 9. The van der Waals surface area contributed by atoms with Gasteiger partial charge in [0.05, 0.1) is 0 Å². The summed E-state index contributed by atoms with van der Waals surface area (Å²) < 4.78 is 0. The number of carbonyl (C=O) groups excluding carboxylic acids is 1. The zero-order valence-corrected chi connectivity index (χ0v) is 17.4. The van der Waals surface area contributed by atoms with E-state index in [-0.39, 0.29) is 16.7 Å². The minimum Gasteiger partial charge on any atom is -0.380 e. The lowest BCUT2D eigenvalue weighted by atomic mass is 9.80. The molecular formula is C24H35NO. The Morgan fingerprint density at radius 2 is 1.50 bits per heavy atom. The van der Waals surface area contributed by atoms with Crippen LogP contribution >= 0.6 is 0 Å². The average Bonchev–Trinajstić information content (AvgIpc) is 2.60. The first-order chi connectivity index (χ1) is 12.2. The summed E-state index contributed by atoms with van der Waals surface area (Å²) in [7, 11) is 0. The van der Waals surface area contributed by atoms with Crippen molar-refractivity contribution in [3.8, 4) is 0 Å². The van der Waals surface area contributed by atoms with Crippen molar-refractivity contribution in [3.05, 3.63) is 42.0 Å². The molecule has 0 bridgehead atoms. The Morgan fingerprint density at radius 3 is 2.12 bits per heavy atom. The van der Waals surface area contributed by atoms with E-state index in [1.54, 1.807) is 0 Å². The van der Waals surface area contributed by atoms with Gasteiger partial charge in [-0.1, -0.05) is 65.7 Å². The molecule has 0 spiro atoms. The molecule has 142 valence electrons. The Morgan fingerprint density at radius 1 is 0.885 bits per heavy atom.